The number of nitrogens with one attached hydrogen (secondary N) is 1. The van der Waals surface area contributed by atoms with Gasteiger partial charge in [0.2, 0.25) is 0 Å². The SMILES string of the molecule is CCO[C@@H]1C[C@@H](NC(=O)c2cnc([C@H](C)O)s2)C1(CC)CC. The van der Waals surface area contributed by atoms with Gasteiger partial charge in [-0.25, -0.2) is 4.98 Å². The molecule has 0 radical (unpaired) electrons. The topological polar surface area (TPSA) is 71.5 Å². The van der Waals surface area contributed by atoms with Crippen molar-refractivity contribution in [2.75, 3.05) is 6.61 Å². The molecule has 1 aliphatic carbocycles. The van der Waals surface area contributed by atoms with Gasteiger partial charge in [0.15, 0.2) is 0 Å². The van der Waals surface area contributed by atoms with Gasteiger partial charge in [-0.15, -0.1) is 11.3 Å². The molecule has 124 valence electrons. The van der Waals surface area contributed by atoms with Gasteiger partial charge in [-0.2, -0.15) is 0 Å². The summed E-state index contributed by atoms with van der Waals surface area (Å²) in [6.07, 6.45) is 3.97. The lowest BCUT2D eigenvalue weighted by Gasteiger charge is -2.55. The Morgan fingerprint density at radius 3 is 2.73 bits per heavy atom. The quantitative estimate of drug-likeness (QED) is 0.808. The summed E-state index contributed by atoms with van der Waals surface area (Å²) in [5.41, 5.74) is 0.0312. The van der Waals surface area contributed by atoms with Crippen LogP contribution in [-0.2, 0) is 4.74 Å². The molecule has 5 nitrogen and oxygen atoms in total. The molecule has 1 fully saturated rings. The summed E-state index contributed by atoms with van der Waals surface area (Å²) >= 11 is 1.25. The molecule has 1 aromatic rings. The van der Waals surface area contributed by atoms with E-state index in [-0.39, 0.29) is 23.5 Å². The zero-order valence-electron chi connectivity index (χ0n) is 13.8. The monoisotopic (exact) mass is 326 g/mol. The van der Waals surface area contributed by atoms with E-state index in [1.54, 1.807) is 13.1 Å². The van der Waals surface area contributed by atoms with Gasteiger partial charge >= 0.3 is 0 Å². The summed E-state index contributed by atoms with van der Waals surface area (Å²) < 4.78 is 5.83. The first-order valence-electron chi connectivity index (χ1n) is 8.04. The molecule has 0 unspecified atom stereocenters. The van der Waals surface area contributed by atoms with Crippen molar-refractivity contribution >= 4 is 17.2 Å². The van der Waals surface area contributed by atoms with Gasteiger partial charge in [-0.05, 0) is 33.1 Å². The summed E-state index contributed by atoms with van der Waals surface area (Å²) in [6, 6.07) is 0.142. The maximum Gasteiger partial charge on any atom is 0.263 e. The first-order valence-corrected chi connectivity index (χ1v) is 8.86. The predicted octanol–water partition coefficient (Wildman–Crippen LogP) is 2.91. The molecule has 1 heterocycles. The number of amides is 1. The Kier molecular flexibility index (Phi) is 5.58. The summed E-state index contributed by atoms with van der Waals surface area (Å²) in [6.45, 7) is 8.69. The van der Waals surface area contributed by atoms with Crippen LogP contribution in [0.1, 0.15) is 67.7 Å². The second-order valence-corrected chi connectivity index (χ2v) is 6.95. The molecular weight excluding hydrogens is 300 g/mol. The number of hydrogen-bond donors (Lipinski definition) is 2. The van der Waals surface area contributed by atoms with Crippen LogP contribution in [-0.4, -0.2) is 34.8 Å². The molecule has 6 heteroatoms. The van der Waals surface area contributed by atoms with Crippen LogP contribution in [0.2, 0.25) is 0 Å². The molecule has 1 aromatic heterocycles. The minimum Gasteiger partial charge on any atom is -0.386 e. The number of aromatic nitrogens is 1. The van der Waals surface area contributed by atoms with E-state index < -0.39 is 6.10 Å². The lowest BCUT2D eigenvalue weighted by molar-refractivity contribution is -0.134. The molecule has 0 aromatic carbocycles. The van der Waals surface area contributed by atoms with Gasteiger partial charge in [0.05, 0.1) is 12.3 Å². The van der Waals surface area contributed by atoms with Gasteiger partial charge in [-0.3, -0.25) is 4.79 Å². The van der Waals surface area contributed by atoms with Crippen LogP contribution >= 0.6 is 11.3 Å². The van der Waals surface area contributed by atoms with Crippen LogP contribution in [0.5, 0.6) is 0 Å². The van der Waals surface area contributed by atoms with Crippen molar-refractivity contribution in [3.8, 4) is 0 Å². The van der Waals surface area contributed by atoms with Gasteiger partial charge in [0.25, 0.3) is 5.91 Å². The van der Waals surface area contributed by atoms with Crippen LogP contribution in [0, 0.1) is 5.41 Å². The Morgan fingerprint density at radius 2 is 2.23 bits per heavy atom. The number of thiazole rings is 1. The average Bonchev–Trinajstić information content (AvgIpc) is 2.97. The van der Waals surface area contributed by atoms with Crippen molar-refractivity contribution in [2.24, 2.45) is 5.41 Å². The number of nitrogens with zero attached hydrogens (tertiary/aromatic N) is 1. The molecule has 0 spiro atoms. The Hall–Kier alpha value is -0.980. The average molecular weight is 326 g/mol. The van der Waals surface area contributed by atoms with E-state index >= 15 is 0 Å². The predicted molar refractivity (Wildman–Crippen MR) is 87.0 cm³/mol. The van der Waals surface area contributed by atoms with E-state index in [2.05, 4.69) is 24.1 Å². The highest BCUT2D eigenvalue weighted by Gasteiger charge is 2.53. The number of carbonyl (C=O) groups is 1. The second-order valence-electron chi connectivity index (χ2n) is 5.88. The van der Waals surface area contributed by atoms with Crippen LogP contribution in [0.15, 0.2) is 6.20 Å². The third kappa shape index (κ3) is 3.05. The largest absolute Gasteiger partial charge is 0.386 e. The molecule has 0 aliphatic heterocycles. The van der Waals surface area contributed by atoms with Crippen molar-refractivity contribution in [1.82, 2.24) is 10.3 Å². The molecule has 1 aliphatic rings. The standard InChI is InChI=1S/C16H26N2O3S/c1-5-16(6-2)12(8-13(16)21-7-3)18-14(20)11-9-17-15(22-11)10(4)19/h9-10,12-13,19H,5-8H2,1-4H3,(H,18,20)/t10-,12+,13+/m0/s1. The molecule has 1 amide bonds. The van der Waals surface area contributed by atoms with Crippen molar-refractivity contribution in [2.45, 2.75) is 65.2 Å². The zero-order chi connectivity index (χ0) is 16.3. The van der Waals surface area contributed by atoms with Crippen LogP contribution < -0.4 is 5.32 Å². The lowest BCUT2D eigenvalue weighted by atomic mass is 9.58. The van der Waals surface area contributed by atoms with Crippen LogP contribution in [0.4, 0.5) is 0 Å². The smallest absolute Gasteiger partial charge is 0.263 e. The Balaban J connectivity index is 2.04. The van der Waals surface area contributed by atoms with E-state index in [9.17, 15) is 9.90 Å². The first kappa shape index (κ1) is 17.4. The summed E-state index contributed by atoms with van der Waals surface area (Å²) in [4.78, 5) is 17.0. The Bertz CT molecular complexity index is 511. The first-order chi connectivity index (χ1) is 10.5. The Labute approximate surface area is 136 Å². The highest BCUT2D eigenvalue weighted by Crippen LogP contribution is 2.49. The minimum atomic E-state index is -0.636. The molecule has 3 atom stereocenters. The number of aliphatic hydroxyl groups is 1. The minimum absolute atomic E-state index is 0.0312. The Morgan fingerprint density at radius 1 is 1.55 bits per heavy atom. The number of rotatable bonds is 7. The fraction of sp³-hybridized carbons (Fsp3) is 0.750. The van der Waals surface area contributed by atoms with E-state index in [4.69, 9.17) is 4.74 Å². The van der Waals surface area contributed by atoms with Crippen molar-refractivity contribution in [3.05, 3.63) is 16.1 Å². The van der Waals surface area contributed by atoms with E-state index in [0.29, 0.717) is 16.5 Å². The number of ether oxygens (including phenoxy) is 1. The fourth-order valence-electron chi connectivity index (χ4n) is 3.40. The number of carbonyl (C=O) groups excluding carboxylic acids is 1. The van der Waals surface area contributed by atoms with E-state index in [0.717, 1.165) is 19.3 Å². The molecule has 1 saturated carbocycles. The van der Waals surface area contributed by atoms with E-state index in [1.165, 1.54) is 11.3 Å². The van der Waals surface area contributed by atoms with Crippen molar-refractivity contribution in [1.29, 1.82) is 0 Å². The summed E-state index contributed by atoms with van der Waals surface area (Å²) in [5, 5.41) is 13.2. The number of hydrogen-bond acceptors (Lipinski definition) is 5. The highest BCUT2D eigenvalue weighted by atomic mass is 32.1. The van der Waals surface area contributed by atoms with Crippen LogP contribution in [0.3, 0.4) is 0 Å². The summed E-state index contributed by atoms with van der Waals surface area (Å²) in [7, 11) is 0. The van der Waals surface area contributed by atoms with Gasteiger partial charge in [0, 0.05) is 18.1 Å². The van der Waals surface area contributed by atoms with Crippen LogP contribution in [0.25, 0.3) is 0 Å². The molecule has 2 rings (SSSR count). The number of aliphatic hydroxyl groups excluding tert-OH is 1. The molecule has 22 heavy (non-hydrogen) atoms. The van der Waals surface area contributed by atoms with Gasteiger partial charge in [-0.1, -0.05) is 13.8 Å². The van der Waals surface area contributed by atoms with Crippen molar-refractivity contribution < 1.29 is 14.6 Å². The lowest BCUT2D eigenvalue weighted by Crippen LogP contribution is -2.64. The fourth-order valence-corrected chi connectivity index (χ4v) is 4.16. The molecular formula is C16H26N2O3S. The third-order valence-corrected chi connectivity index (χ3v) is 6.05. The normalized spacial score (nSPS) is 24.6. The highest BCUT2D eigenvalue weighted by molar-refractivity contribution is 7.13. The van der Waals surface area contributed by atoms with Crippen molar-refractivity contribution in [3.63, 3.8) is 0 Å². The zero-order valence-corrected chi connectivity index (χ0v) is 14.6. The summed E-state index contributed by atoms with van der Waals surface area (Å²) in [5.74, 6) is -0.101. The molecule has 0 bridgehead atoms. The van der Waals surface area contributed by atoms with Gasteiger partial charge < -0.3 is 15.2 Å². The third-order valence-electron chi connectivity index (χ3n) is 4.88. The molecule has 0 saturated heterocycles. The van der Waals surface area contributed by atoms with E-state index in [1.807, 2.05) is 6.92 Å². The van der Waals surface area contributed by atoms with Gasteiger partial charge in [0.1, 0.15) is 16.0 Å². The maximum atomic E-state index is 12.4. The maximum absolute atomic E-state index is 12.4. The molecule has 2 N–H and O–H groups in total. The second kappa shape index (κ2) is 7.06.